The summed E-state index contributed by atoms with van der Waals surface area (Å²) in [6, 6.07) is 16.7. The highest BCUT2D eigenvalue weighted by molar-refractivity contribution is 6.09. The zero-order valence-electron chi connectivity index (χ0n) is 11.0. The van der Waals surface area contributed by atoms with Gasteiger partial charge in [-0.2, -0.15) is 0 Å². The first-order chi connectivity index (χ1) is 10.3. The predicted molar refractivity (Wildman–Crippen MR) is 82.1 cm³/mol. The minimum Gasteiger partial charge on any atom is -0.439 e. The molecule has 2 N–H and O–H groups in total. The fraction of sp³-hybridized carbons (Fsp3) is 0. The first-order valence-corrected chi connectivity index (χ1v) is 6.55. The molecule has 2 heterocycles. The quantitative estimate of drug-likeness (QED) is 0.537. The second-order valence-electron chi connectivity index (χ2n) is 4.80. The normalized spacial score (nSPS) is 11.2. The van der Waals surface area contributed by atoms with Crippen molar-refractivity contribution in [2.45, 2.75) is 0 Å². The summed E-state index contributed by atoms with van der Waals surface area (Å²) >= 11 is 0. The molecular weight excluding hydrogens is 266 g/mol. The van der Waals surface area contributed by atoms with Crippen LogP contribution in [0.1, 0.15) is 0 Å². The summed E-state index contributed by atoms with van der Waals surface area (Å²) in [5, 5.41) is 1.12. The van der Waals surface area contributed by atoms with Crippen LogP contribution >= 0.6 is 0 Å². The monoisotopic (exact) mass is 277 g/mol. The molecule has 4 rings (SSSR count). The fourth-order valence-electron chi connectivity index (χ4n) is 2.62. The van der Waals surface area contributed by atoms with Crippen molar-refractivity contribution >= 4 is 27.8 Å². The van der Waals surface area contributed by atoms with E-state index in [-0.39, 0.29) is 5.88 Å². The van der Waals surface area contributed by atoms with Crippen LogP contribution in [0.3, 0.4) is 0 Å². The van der Waals surface area contributed by atoms with Crippen LogP contribution in [0.2, 0.25) is 0 Å². The van der Waals surface area contributed by atoms with Crippen LogP contribution < -0.4 is 11.4 Å². The Morgan fingerprint density at radius 2 is 1.57 bits per heavy atom. The van der Waals surface area contributed by atoms with Gasteiger partial charge >= 0.3 is 5.63 Å². The number of rotatable bonds is 1. The molecule has 0 spiro atoms. The van der Waals surface area contributed by atoms with Gasteiger partial charge in [0.2, 0.25) is 0 Å². The molecule has 2 aromatic carbocycles. The van der Waals surface area contributed by atoms with Gasteiger partial charge in [0.15, 0.2) is 11.5 Å². The number of hydrogen-bond donors (Lipinski definition) is 1. The van der Waals surface area contributed by atoms with Gasteiger partial charge in [-0.1, -0.05) is 42.5 Å². The molecular formula is C17H11NO3. The van der Waals surface area contributed by atoms with E-state index in [1.54, 1.807) is 6.07 Å². The maximum absolute atomic E-state index is 12.3. The number of hydrogen-bond acceptors (Lipinski definition) is 4. The van der Waals surface area contributed by atoms with Crippen LogP contribution in [0.5, 0.6) is 0 Å². The summed E-state index contributed by atoms with van der Waals surface area (Å²) in [6.07, 6.45) is 0. The van der Waals surface area contributed by atoms with E-state index in [1.165, 1.54) is 0 Å². The molecule has 0 unspecified atom stereocenters. The smallest absolute Gasteiger partial charge is 0.348 e. The number of nitrogen functional groups attached to an aromatic ring is 1. The number of para-hydroxylation sites is 1. The molecule has 0 saturated carbocycles. The topological polar surface area (TPSA) is 69.4 Å². The van der Waals surface area contributed by atoms with E-state index in [4.69, 9.17) is 14.6 Å². The summed E-state index contributed by atoms with van der Waals surface area (Å²) in [5.41, 5.74) is 7.93. The van der Waals surface area contributed by atoms with E-state index in [1.807, 2.05) is 48.5 Å². The number of nitrogens with two attached hydrogens (primary N) is 1. The van der Waals surface area contributed by atoms with Crippen molar-refractivity contribution in [3.05, 3.63) is 65.0 Å². The number of anilines is 1. The zero-order valence-corrected chi connectivity index (χ0v) is 11.0. The Bertz CT molecular complexity index is 1010. The Balaban J connectivity index is 2.22. The second-order valence-corrected chi connectivity index (χ2v) is 4.80. The maximum atomic E-state index is 12.3. The summed E-state index contributed by atoms with van der Waals surface area (Å²) in [5.74, 6) is 0.222. The minimum absolute atomic E-state index is 0.222. The van der Waals surface area contributed by atoms with Gasteiger partial charge in [0.05, 0.1) is 10.9 Å². The van der Waals surface area contributed by atoms with Gasteiger partial charge in [0.1, 0.15) is 11.0 Å². The van der Waals surface area contributed by atoms with Crippen molar-refractivity contribution in [1.29, 1.82) is 0 Å². The molecule has 0 aliphatic carbocycles. The Hall–Kier alpha value is -3.01. The van der Waals surface area contributed by atoms with E-state index < -0.39 is 5.63 Å². The van der Waals surface area contributed by atoms with Crippen molar-refractivity contribution in [3.63, 3.8) is 0 Å². The highest BCUT2D eigenvalue weighted by Crippen LogP contribution is 2.37. The molecule has 0 bridgehead atoms. The second kappa shape index (κ2) is 4.24. The molecule has 2 aromatic heterocycles. The molecule has 0 fully saturated rings. The first-order valence-electron chi connectivity index (χ1n) is 6.55. The van der Waals surface area contributed by atoms with Crippen molar-refractivity contribution in [3.8, 4) is 11.1 Å². The van der Waals surface area contributed by atoms with Crippen molar-refractivity contribution in [2.75, 3.05) is 5.73 Å². The van der Waals surface area contributed by atoms with Crippen LogP contribution in [0.4, 0.5) is 5.88 Å². The van der Waals surface area contributed by atoms with Crippen LogP contribution in [-0.2, 0) is 0 Å². The molecule has 0 radical (unpaired) electrons. The maximum Gasteiger partial charge on any atom is 0.348 e. The lowest BCUT2D eigenvalue weighted by Crippen LogP contribution is -1.99. The van der Waals surface area contributed by atoms with E-state index in [0.29, 0.717) is 22.1 Å². The molecule has 0 atom stereocenters. The summed E-state index contributed by atoms with van der Waals surface area (Å²) < 4.78 is 11.0. The SMILES string of the molecule is Nc1oc2c(c1-c1ccccc1)c(=O)oc1ccccc12. The van der Waals surface area contributed by atoms with Crippen LogP contribution in [0.15, 0.2) is 68.2 Å². The van der Waals surface area contributed by atoms with Crippen molar-refractivity contribution < 1.29 is 8.83 Å². The predicted octanol–water partition coefficient (Wildman–Crippen LogP) is 3.79. The van der Waals surface area contributed by atoms with Crippen molar-refractivity contribution in [1.82, 2.24) is 0 Å². The largest absolute Gasteiger partial charge is 0.439 e. The van der Waals surface area contributed by atoms with E-state index in [9.17, 15) is 4.79 Å². The third-order valence-corrected chi connectivity index (χ3v) is 3.54. The van der Waals surface area contributed by atoms with Gasteiger partial charge in [-0.05, 0) is 17.7 Å². The molecule has 0 aliphatic rings. The average molecular weight is 277 g/mol. The van der Waals surface area contributed by atoms with Gasteiger partial charge in [-0.15, -0.1) is 0 Å². The molecule has 0 amide bonds. The molecule has 4 aromatic rings. The molecule has 4 nitrogen and oxygen atoms in total. The van der Waals surface area contributed by atoms with Crippen molar-refractivity contribution in [2.24, 2.45) is 0 Å². The minimum atomic E-state index is -0.442. The molecule has 4 heteroatoms. The Kier molecular flexibility index (Phi) is 2.38. The molecule has 21 heavy (non-hydrogen) atoms. The standard InChI is InChI=1S/C17H11NO3/c18-16-13(10-6-2-1-3-7-10)14-15(21-16)11-8-4-5-9-12(11)20-17(14)19/h1-9H,18H2. The Labute approximate surface area is 119 Å². The Morgan fingerprint density at radius 1 is 0.857 bits per heavy atom. The number of benzene rings is 2. The summed E-state index contributed by atoms with van der Waals surface area (Å²) in [4.78, 5) is 12.3. The van der Waals surface area contributed by atoms with E-state index in [2.05, 4.69) is 0 Å². The average Bonchev–Trinajstić information content (AvgIpc) is 2.86. The third kappa shape index (κ3) is 1.66. The van der Waals surface area contributed by atoms with Crippen LogP contribution in [-0.4, -0.2) is 0 Å². The molecule has 0 saturated heterocycles. The van der Waals surface area contributed by atoms with E-state index >= 15 is 0 Å². The van der Waals surface area contributed by atoms with Crippen LogP contribution in [0, 0.1) is 0 Å². The number of fused-ring (bicyclic) bond motifs is 3. The highest BCUT2D eigenvalue weighted by Gasteiger charge is 2.20. The Morgan fingerprint density at radius 3 is 2.38 bits per heavy atom. The summed E-state index contributed by atoms with van der Waals surface area (Å²) in [6.45, 7) is 0. The molecule has 102 valence electrons. The highest BCUT2D eigenvalue weighted by atomic mass is 16.4. The lowest BCUT2D eigenvalue weighted by molar-refractivity contribution is 0.566. The van der Waals surface area contributed by atoms with Gasteiger partial charge < -0.3 is 14.6 Å². The zero-order chi connectivity index (χ0) is 14.4. The van der Waals surface area contributed by atoms with Gasteiger partial charge in [0.25, 0.3) is 0 Å². The fourth-order valence-corrected chi connectivity index (χ4v) is 2.62. The van der Waals surface area contributed by atoms with Gasteiger partial charge in [0, 0.05) is 0 Å². The third-order valence-electron chi connectivity index (χ3n) is 3.54. The van der Waals surface area contributed by atoms with E-state index in [0.717, 1.165) is 10.9 Å². The lowest BCUT2D eigenvalue weighted by atomic mass is 10.0. The number of furan rings is 1. The molecule has 0 aliphatic heterocycles. The van der Waals surface area contributed by atoms with Gasteiger partial charge in [-0.3, -0.25) is 0 Å². The van der Waals surface area contributed by atoms with Gasteiger partial charge in [-0.25, -0.2) is 4.79 Å². The lowest BCUT2D eigenvalue weighted by Gasteiger charge is -1.99. The van der Waals surface area contributed by atoms with Crippen LogP contribution in [0.25, 0.3) is 33.1 Å². The summed E-state index contributed by atoms with van der Waals surface area (Å²) in [7, 11) is 0. The first kappa shape index (κ1) is 11.8.